The minimum atomic E-state index is -1.34. The van der Waals surface area contributed by atoms with Gasteiger partial charge in [-0.25, -0.2) is 4.79 Å². The predicted octanol–water partition coefficient (Wildman–Crippen LogP) is 10.7. The number of aliphatic carboxylic acids is 1. The standard InChI is InChI=1S/C62H90N6O9/c1-38(2)43-25-28-61(53(71)72)31-30-59(12)44(50(43)61)23-24-48-58(11)29-32-62(74,56(7,8)47(58)26-27-60(48,59)13)49-37-67(66-65-49)36-39(3)68(52(70)57(9,10)63-35-41-21-22-42(75-14)34-46(41)76-15)51(69)45(33-40-19-17-16-18-20-40)64-54(73)77-55(4,5)6/h16-22,34,37,39,43-45,47-48,50,63,74H,1,23-33,35-36H2,2-15H3,(H,64,73)(H,71,72)/t39-,43-,44+,45-,47-,48+,50+,58-,59+,60+,61-,62+/m0/s1. The van der Waals surface area contributed by atoms with Crippen molar-refractivity contribution >= 4 is 23.9 Å². The molecule has 5 fully saturated rings. The van der Waals surface area contributed by atoms with Crippen LogP contribution >= 0.6 is 0 Å². The summed E-state index contributed by atoms with van der Waals surface area (Å²) in [5, 5.41) is 39.6. The molecule has 5 aliphatic rings. The third-order valence-electron chi connectivity index (χ3n) is 21.1. The van der Waals surface area contributed by atoms with Crippen molar-refractivity contribution in [3.63, 3.8) is 0 Å². The molecule has 15 heteroatoms. The highest BCUT2D eigenvalue weighted by Gasteiger charge is 2.73. The lowest BCUT2D eigenvalue weighted by Crippen LogP contribution is -2.68. The summed E-state index contributed by atoms with van der Waals surface area (Å²) in [6.07, 6.45) is 9.63. The first-order chi connectivity index (χ1) is 35.9. The topological polar surface area (TPSA) is 194 Å². The number of imide groups is 1. The van der Waals surface area contributed by atoms with E-state index in [0.717, 1.165) is 74.5 Å². The number of amides is 3. The summed E-state index contributed by atoms with van der Waals surface area (Å²) < 4.78 is 18.3. The van der Waals surface area contributed by atoms with Crippen LogP contribution in [0.15, 0.2) is 66.9 Å². The highest BCUT2D eigenvalue weighted by atomic mass is 16.6. The van der Waals surface area contributed by atoms with Crippen molar-refractivity contribution < 1.29 is 43.6 Å². The van der Waals surface area contributed by atoms with Crippen LogP contribution in [-0.2, 0) is 44.2 Å². The molecular formula is C62H90N6O9. The smallest absolute Gasteiger partial charge is 0.408 e. The van der Waals surface area contributed by atoms with Crippen LogP contribution in [0.1, 0.15) is 164 Å². The number of hydrogen-bond donors (Lipinski definition) is 4. The van der Waals surface area contributed by atoms with Crippen LogP contribution in [-0.4, -0.2) is 91.4 Å². The number of aromatic nitrogens is 3. The fourth-order valence-corrected chi connectivity index (χ4v) is 16.7. The van der Waals surface area contributed by atoms with E-state index in [-0.39, 0.29) is 53.5 Å². The van der Waals surface area contributed by atoms with Gasteiger partial charge in [-0.05, 0) is 170 Å². The largest absolute Gasteiger partial charge is 0.497 e. The monoisotopic (exact) mass is 1060 g/mol. The summed E-state index contributed by atoms with van der Waals surface area (Å²) in [7, 11) is 3.14. The van der Waals surface area contributed by atoms with E-state index in [2.05, 4.69) is 64.0 Å². The number of fused-ring (bicyclic) bond motifs is 7. The van der Waals surface area contributed by atoms with Gasteiger partial charge in [0.05, 0.1) is 44.0 Å². The first kappa shape index (κ1) is 57.9. The zero-order valence-corrected chi connectivity index (χ0v) is 48.7. The van der Waals surface area contributed by atoms with Gasteiger partial charge in [0.15, 0.2) is 0 Å². The molecule has 0 aliphatic heterocycles. The molecule has 0 unspecified atom stereocenters. The number of methoxy groups -OCH3 is 2. The molecular weight excluding hydrogens is 973 g/mol. The number of aliphatic hydroxyl groups is 1. The lowest BCUT2D eigenvalue weighted by atomic mass is 9.31. The summed E-state index contributed by atoms with van der Waals surface area (Å²) in [6.45, 7) is 29.2. The summed E-state index contributed by atoms with van der Waals surface area (Å²) in [4.78, 5) is 58.5. The Hall–Kier alpha value is -5.28. The molecule has 422 valence electrons. The Morgan fingerprint density at radius 3 is 2.21 bits per heavy atom. The number of nitrogens with one attached hydrogen (secondary N) is 2. The number of hydrogen-bond acceptors (Lipinski definition) is 11. The van der Waals surface area contributed by atoms with Gasteiger partial charge >= 0.3 is 12.1 Å². The molecule has 5 aliphatic carbocycles. The van der Waals surface area contributed by atoms with Gasteiger partial charge in [0.25, 0.3) is 5.91 Å². The van der Waals surface area contributed by atoms with E-state index in [0.29, 0.717) is 35.4 Å². The van der Waals surface area contributed by atoms with Crippen LogP contribution < -0.4 is 20.1 Å². The number of nitrogens with zero attached hydrogens (tertiary/aromatic N) is 4. The van der Waals surface area contributed by atoms with E-state index >= 15 is 9.59 Å². The van der Waals surface area contributed by atoms with Crippen LogP contribution in [0.4, 0.5) is 4.79 Å². The number of ether oxygens (including phenoxy) is 3. The highest BCUT2D eigenvalue weighted by Crippen LogP contribution is 2.78. The number of carboxylic acids is 1. The van der Waals surface area contributed by atoms with Crippen molar-refractivity contribution in [3.05, 3.63) is 83.7 Å². The van der Waals surface area contributed by atoms with E-state index < -0.39 is 63.5 Å². The van der Waals surface area contributed by atoms with Gasteiger partial charge in [-0.2, -0.15) is 0 Å². The molecule has 77 heavy (non-hydrogen) atoms. The maximum absolute atomic E-state index is 15.3. The summed E-state index contributed by atoms with van der Waals surface area (Å²) in [6, 6.07) is 12.7. The van der Waals surface area contributed by atoms with Gasteiger partial charge in [0.2, 0.25) is 5.91 Å². The molecule has 12 atom stereocenters. The Morgan fingerprint density at radius 2 is 1.57 bits per heavy atom. The molecule has 4 N–H and O–H groups in total. The number of benzene rings is 2. The Kier molecular flexibility index (Phi) is 15.6. The van der Waals surface area contributed by atoms with Gasteiger partial charge in [-0.3, -0.25) is 29.3 Å². The minimum Gasteiger partial charge on any atom is -0.497 e. The van der Waals surface area contributed by atoms with Gasteiger partial charge in [0.1, 0.15) is 34.4 Å². The van der Waals surface area contributed by atoms with Crippen molar-refractivity contribution in [1.29, 1.82) is 0 Å². The second kappa shape index (κ2) is 20.7. The van der Waals surface area contributed by atoms with E-state index in [1.54, 1.807) is 72.7 Å². The van der Waals surface area contributed by atoms with Crippen LogP contribution in [0.2, 0.25) is 0 Å². The average Bonchev–Trinajstić information content (AvgIpc) is 4.22. The SMILES string of the molecule is C=C(C)[C@@H]1CC[C@]2(C(=O)O)CC[C@]3(C)[C@H](CC[C@@H]4[C@@]5(C)CC[C@@](O)(c6cn(C[C@H](C)N(C(=O)[C@H](Cc7ccccc7)NC(=O)OC(C)(C)C)C(=O)C(C)(C)NCc7ccc(OC)cc7OC)nn6)C(C)(C)[C@@H]5CC[C@]43C)[C@@H]12. The molecule has 1 heterocycles. The van der Waals surface area contributed by atoms with Gasteiger partial charge in [-0.1, -0.05) is 88.4 Å². The Bertz CT molecular complexity index is 2720. The van der Waals surface area contributed by atoms with Crippen molar-refractivity contribution in [3.8, 4) is 11.5 Å². The number of alkyl carbamates (subject to hydrolysis) is 1. The molecule has 0 radical (unpaired) electrons. The Labute approximate surface area is 458 Å². The van der Waals surface area contributed by atoms with Crippen LogP contribution in [0.25, 0.3) is 0 Å². The van der Waals surface area contributed by atoms with Gasteiger partial charge in [0, 0.05) is 30.0 Å². The van der Waals surface area contributed by atoms with Crippen LogP contribution in [0.5, 0.6) is 11.5 Å². The molecule has 2 aromatic carbocycles. The first-order valence-corrected chi connectivity index (χ1v) is 28.3. The molecule has 0 spiro atoms. The molecule has 0 saturated heterocycles. The molecule has 8 rings (SSSR count). The van der Waals surface area contributed by atoms with Crippen LogP contribution in [0, 0.1) is 56.7 Å². The fourth-order valence-electron chi connectivity index (χ4n) is 16.7. The maximum atomic E-state index is 15.3. The molecule has 3 aromatic rings. The number of carbonyl (C=O) groups excluding carboxylic acids is 3. The minimum absolute atomic E-state index is 0.00520. The zero-order valence-electron chi connectivity index (χ0n) is 48.7. The third-order valence-corrected chi connectivity index (χ3v) is 21.1. The number of carbonyl (C=O) groups is 4. The van der Waals surface area contributed by atoms with Crippen molar-refractivity contribution in [2.45, 2.75) is 196 Å². The van der Waals surface area contributed by atoms with Crippen molar-refractivity contribution in [2.75, 3.05) is 14.2 Å². The van der Waals surface area contributed by atoms with E-state index in [1.807, 2.05) is 42.5 Å². The van der Waals surface area contributed by atoms with Crippen molar-refractivity contribution in [2.24, 2.45) is 56.7 Å². The van der Waals surface area contributed by atoms with Crippen molar-refractivity contribution in [1.82, 2.24) is 30.5 Å². The maximum Gasteiger partial charge on any atom is 0.408 e. The Balaban J connectivity index is 1.06. The fraction of sp³-hybridized carbons (Fsp3) is 0.677. The average molecular weight is 1060 g/mol. The molecule has 3 amide bonds. The van der Waals surface area contributed by atoms with E-state index in [1.165, 1.54) is 4.90 Å². The molecule has 1 aromatic heterocycles. The second-order valence-electron chi connectivity index (χ2n) is 27.0. The molecule has 0 bridgehead atoms. The molecule has 5 saturated carbocycles. The number of allylic oxidation sites excluding steroid dienone is 1. The Morgan fingerprint density at radius 1 is 0.870 bits per heavy atom. The normalized spacial score (nSPS) is 32.2. The second-order valence-corrected chi connectivity index (χ2v) is 27.0. The van der Waals surface area contributed by atoms with E-state index in [9.17, 15) is 19.8 Å². The van der Waals surface area contributed by atoms with E-state index in [4.69, 9.17) is 19.3 Å². The molecule has 15 nitrogen and oxygen atoms in total. The highest BCUT2D eigenvalue weighted by molar-refractivity contribution is 6.03. The lowest BCUT2D eigenvalue weighted by Gasteiger charge is -2.73. The number of rotatable bonds is 16. The van der Waals surface area contributed by atoms with Gasteiger partial charge in [-0.15, -0.1) is 5.10 Å². The zero-order chi connectivity index (χ0) is 56.5. The predicted molar refractivity (Wildman–Crippen MR) is 296 cm³/mol. The third kappa shape index (κ3) is 10.0. The summed E-state index contributed by atoms with van der Waals surface area (Å²) in [5.41, 5.74) is -1.79. The first-order valence-electron chi connectivity index (χ1n) is 28.3. The quantitative estimate of drug-likeness (QED) is 0.0993. The summed E-state index contributed by atoms with van der Waals surface area (Å²) >= 11 is 0. The van der Waals surface area contributed by atoms with Gasteiger partial charge < -0.3 is 29.7 Å². The summed E-state index contributed by atoms with van der Waals surface area (Å²) in [5.74, 6) is 0.615. The number of carboxylic acid groups (broad SMARTS) is 1. The lowest BCUT2D eigenvalue weighted by molar-refractivity contribution is -0.268. The van der Waals surface area contributed by atoms with Crippen LogP contribution in [0.3, 0.4) is 0 Å².